The highest BCUT2D eigenvalue weighted by Crippen LogP contribution is 2.37. The second-order valence-corrected chi connectivity index (χ2v) is 8.56. The second kappa shape index (κ2) is 6.90. The van der Waals surface area contributed by atoms with Crippen molar-refractivity contribution in [3.05, 3.63) is 16.2 Å². The minimum atomic E-state index is -3.45. The van der Waals surface area contributed by atoms with Crippen molar-refractivity contribution >= 4 is 31.9 Å². The Balaban J connectivity index is 2.10. The molecule has 1 N–H and O–H groups in total. The van der Waals surface area contributed by atoms with E-state index in [0.717, 1.165) is 36.7 Å². The Kier molecular flexibility index (Phi) is 5.37. The normalized spacial score (nSPS) is 18.1. The topological polar surface area (TPSA) is 102 Å². The molecule has 1 aromatic heterocycles. The lowest BCUT2D eigenvalue weighted by Gasteiger charge is -2.29. The van der Waals surface area contributed by atoms with Crippen LogP contribution in [0.5, 0.6) is 0 Å². The number of sulfone groups is 1. The molecule has 0 bridgehead atoms. The Hall–Kier alpha value is -1.23. The van der Waals surface area contributed by atoms with Crippen molar-refractivity contribution < 1.29 is 18.1 Å². The van der Waals surface area contributed by atoms with E-state index in [4.69, 9.17) is 4.74 Å². The molecule has 0 amide bonds. The number of nitrogens with one attached hydrogen (secondary N) is 1. The molecule has 0 saturated carbocycles. The van der Waals surface area contributed by atoms with Gasteiger partial charge in [-0.15, -0.1) is 0 Å². The fourth-order valence-electron chi connectivity index (χ4n) is 2.22. The van der Waals surface area contributed by atoms with Gasteiger partial charge < -0.3 is 10.1 Å². The van der Waals surface area contributed by atoms with Crippen molar-refractivity contribution in [2.45, 2.75) is 17.2 Å². The Labute approximate surface area is 133 Å². The summed E-state index contributed by atoms with van der Waals surface area (Å²) in [6.45, 7) is 5.65. The van der Waals surface area contributed by atoms with Crippen LogP contribution in [0.3, 0.4) is 0 Å². The number of rotatable bonds is 6. The van der Waals surface area contributed by atoms with E-state index in [9.17, 15) is 18.5 Å². The lowest BCUT2D eigenvalue weighted by molar-refractivity contribution is -0.383. The molecule has 2 rings (SSSR count). The van der Waals surface area contributed by atoms with Crippen LogP contribution in [0.15, 0.2) is 10.3 Å². The number of hydrogen-bond donors (Lipinski definition) is 1. The maximum Gasteiger partial charge on any atom is 0.304 e. The summed E-state index contributed by atoms with van der Waals surface area (Å²) in [4.78, 5) is 12.7. The third kappa shape index (κ3) is 4.38. The van der Waals surface area contributed by atoms with E-state index in [1.807, 2.05) is 6.92 Å². The first kappa shape index (κ1) is 17.1. The van der Waals surface area contributed by atoms with Gasteiger partial charge in [0, 0.05) is 38.0 Å². The van der Waals surface area contributed by atoms with Crippen LogP contribution in [0, 0.1) is 10.1 Å². The third-order valence-electron chi connectivity index (χ3n) is 3.27. The van der Waals surface area contributed by atoms with Crippen LogP contribution in [-0.4, -0.2) is 63.4 Å². The number of nitro groups is 1. The van der Waals surface area contributed by atoms with Crippen molar-refractivity contribution in [2.24, 2.45) is 0 Å². The van der Waals surface area contributed by atoms with Crippen LogP contribution in [0.25, 0.3) is 0 Å². The minimum absolute atomic E-state index is 0.000252. The lowest BCUT2D eigenvalue weighted by Crippen LogP contribution is -2.42. The van der Waals surface area contributed by atoms with E-state index >= 15 is 0 Å². The largest absolute Gasteiger partial charge is 0.379 e. The van der Waals surface area contributed by atoms with Crippen molar-refractivity contribution in [3.8, 4) is 0 Å². The van der Waals surface area contributed by atoms with Gasteiger partial charge in [0.2, 0.25) is 0 Å². The molecule has 1 unspecified atom stereocenters. The standard InChI is InChI=1S/C12H19N3O5S2/c1-9(8-14-3-5-20-6-4-14)13-12-10(15(16)17)7-11(21-12)22(2,18)19/h7,9,13H,3-6,8H2,1-2H3. The van der Waals surface area contributed by atoms with Crippen LogP contribution in [0.2, 0.25) is 0 Å². The summed E-state index contributed by atoms with van der Waals surface area (Å²) in [6.07, 6.45) is 1.05. The maximum atomic E-state index is 11.6. The maximum absolute atomic E-state index is 11.6. The summed E-state index contributed by atoms with van der Waals surface area (Å²) >= 11 is 0.901. The highest BCUT2D eigenvalue weighted by atomic mass is 32.2. The zero-order chi connectivity index (χ0) is 16.3. The SMILES string of the molecule is CC(CN1CCOCC1)Nc1sc(S(C)(=O)=O)cc1[N+](=O)[O-]. The second-order valence-electron chi connectivity index (χ2n) is 5.27. The lowest BCUT2D eigenvalue weighted by atomic mass is 10.3. The van der Waals surface area contributed by atoms with Crippen LogP contribution in [0.4, 0.5) is 10.7 Å². The van der Waals surface area contributed by atoms with Crippen molar-refractivity contribution in [3.63, 3.8) is 0 Å². The van der Waals surface area contributed by atoms with Gasteiger partial charge in [0.15, 0.2) is 14.8 Å². The molecule has 1 fully saturated rings. The molecular weight excluding hydrogens is 330 g/mol. The first-order chi connectivity index (χ1) is 10.3. The molecule has 0 spiro atoms. The summed E-state index contributed by atoms with van der Waals surface area (Å²) in [5.41, 5.74) is -0.195. The van der Waals surface area contributed by atoms with Gasteiger partial charge in [0.25, 0.3) is 0 Å². The predicted molar refractivity (Wildman–Crippen MR) is 84.4 cm³/mol. The smallest absolute Gasteiger partial charge is 0.304 e. The van der Waals surface area contributed by atoms with Gasteiger partial charge in [-0.05, 0) is 6.92 Å². The average Bonchev–Trinajstić information content (AvgIpc) is 2.83. The molecule has 0 aromatic carbocycles. The molecule has 1 aliphatic rings. The van der Waals surface area contributed by atoms with E-state index in [1.165, 1.54) is 0 Å². The van der Waals surface area contributed by atoms with Gasteiger partial charge >= 0.3 is 5.69 Å². The molecule has 8 nitrogen and oxygen atoms in total. The molecule has 0 aliphatic carbocycles. The number of ether oxygens (including phenoxy) is 1. The molecule has 2 heterocycles. The van der Waals surface area contributed by atoms with Gasteiger partial charge in [-0.1, -0.05) is 11.3 Å². The van der Waals surface area contributed by atoms with Gasteiger partial charge in [0.05, 0.1) is 18.1 Å². The van der Waals surface area contributed by atoms with E-state index in [1.54, 1.807) is 0 Å². The highest BCUT2D eigenvalue weighted by Gasteiger charge is 2.25. The summed E-state index contributed by atoms with van der Waals surface area (Å²) in [7, 11) is -3.45. The fraction of sp³-hybridized carbons (Fsp3) is 0.667. The molecule has 1 aliphatic heterocycles. The van der Waals surface area contributed by atoms with Crippen molar-refractivity contribution in [2.75, 3.05) is 44.4 Å². The highest BCUT2D eigenvalue weighted by molar-refractivity contribution is 7.92. The number of hydrogen-bond acceptors (Lipinski definition) is 8. The fourth-order valence-corrected chi connectivity index (χ4v) is 4.27. The van der Waals surface area contributed by atoms with Crippen LogP contribution >= 0.6 is 11.3 Å². The van der Waals surface area contributed by atoms with Gasteiger partial charge in [0.1, 0.15) is 4.21 Å². The predicted octanol–water partition coefficient (Wildman–Crippen LogP) is 1.19. The van der Waals surface area contributed by atoms with Gasteiger partial charge in [-0.3, -0.25) is 15.0 Å². The van der Waals surface area contributed by atoms with E-state index in [2.05, 4.69) is 10.2 Å². The van der Waals surface area contributed by atoms with Crippen LogP contribution in [-0.2, 0) is 14.6 Å². The van der Waals surface area contributed by atoms with Crippen molar-refractivity contribution in [1.29, 1.82) is 0 Å². The average molecular weight is 349 g/mol. The number of nitrogens with zero attached hydrogens (tertiary/aromatic N) is 2. The summed E-state index contributed by atoms with van der Waals surface area (Å²) in [6, 6.07) is 1.08. The zero-order valence-corrected chi connectivity index (χ0v) is 14.1. The quantitative estimate of drug-likeness (QED) is 0.608. The third-order valence-corrected chi connectivity index (χ3v) is 6.12. The Morgan fingerprint density at radius 1 is 1.50 bits per heavy atom. The summed E-state index contributed by atoms with van der Waals surface area (Å²) in [5.74, 6) is 0. The minimum Gasteiger partial charge on any atom is -0.379 e. The molecule has 1 atom stereocenters. The Morgan fingerprint density at radius 2 is 2.14 bits per heavy atom. The zero-order valence-electron chi connectivity index (χ0n) is 12.4. The first-order valence-corrected chi connectivity index (χ1v) is 9.53. The monoisotopic (exact) mass is 349 g/mol. The van der Waals surface area contributed by atoms with Crippen molar-refractivity contribution in [1.82, 2.24) is 4.90 Å². The molecule has 22 heavy (non-hydrogen) atoms. The van der Waals surface area contributed by atoms with E-state index < -0.39 is 14.8 Å². The molecule has 10 heteroatoms. The Morgan fingerprint density at radius 3 is 2.68 bits per heavy atom. The molecule has 124 valence electrons. The molecule has 1 aromatic rings. The molecule has 1 saturated heterocycles. The van der Waals surface area contributed by atoms with E-state index in [-0.39, 0.29) is 20.9 Å². The number of morpholine rings is 1. The van der Waals surface area contributed by atoms with Gasteiger partial charge in [-0.2, -0.15) is 0 Å². The molecular formula is C12H19N3O5S2. The van der Waals surface area contributed by atoms with Crippen LogP contribution < -0.4 is 5.32 Å². The number of anilines is 1. The summed E-state index contributed by atoms with van der Waals surface area (Å²) in [5, 5.41) is 14.4. The number of thiophene rings is 1. The summed E-state index contributed by atoms with van der Waals surface area (Å²) < 4.78 is 28.4. The Bertz CT molecular complexity index is 637. The van der Waals surface area contributed by atoms with Gasteiger partial charge in [-0.25, -0.2) is 8.42 Å². The molecule has 0 radical (unpaired) electrons. The van der Waals surface area contributed by atoms with E-state index in [0.29, 0.717) is 19.8 Å². The first-order valence-electron chi connectivity index (χ1n) is 6.82. The van der Waals surface area contributed by atoms with Crippen LogP contribution in [0.1, 0.15) is 6.92 Å².